The van der Waals surface area contributed by atoms with E-state index in [9.17, 15) is 10.1 Å². The Hall–Kier alpha value is -3.20. The highest BCUT2D eigenvalue weighted by Crippen LogP contribution is 2.49. The van der Waals surface area contributed by atoms with Crippen LogP contribution >= 0.6 is 23.2 Å². The number of halogens is 2. The summed E-state index contributed by atoms with van der Waals surface area (Å²) in [5.74, 6) is 0.0669. The molecule has 34 heavy (non-hydrogen) atoms. The molecule has 2 aromatic carbocycles. The van der Waals surface area contributed by atoms with E-state index in [1.165, 1.54) is 0 Å². The Bertz CT molecular complexity index is 1460. The lowest BCUT2D eigenvalue weighted by Crippen LogP contribution is -2.33. The van der Waals surface area contributed by atoms with Gasteiger partial charge >= 0.3 is 0 Å². The number of aromatic nitrogens is 1. The van der Waals surface area contributed by atoms with Crippen LogP contribution in [0.25, 0.3) is 10.9 Å². The number of ether oxygens (including phenoxy) is 1. The van der Waals surface area contributed by atoms with Crippen LogP contribution in [0.15, 0.2) is 71.4 Å². The quantitative estimate of drug-likeness (QED) is 0.456. The van der Waals surface area contributed by atoms with Crippen LogP contribution in [-0.4, -0.2) is 10.4 Å². The van der Waals surface area contributed by atoms with E-state index < -0.39 is 5.92 Å². The second-order valence-electron chi connectivity index (χ2n) is 9.68. The number of fused-ring (bicyclic) bond motifs is 1. The molecule has 2 heterocycles. The first-order valence-corrected chi connectivity index (χ1v) is 11.8. The fourth-order valence-corrected chi connectivity index (χ4v) is 5.39. The van der Waals surface area contributed by atoms with Crippen molar-refractivity contribution < 1.29 is 9.53 Å². The van der Waals surface area contributed by atoms with Crippen LogP contribution in [0.5, 0.6) is 0 Å². The molecule has 5 nitrogen and oxygen atoms in total. The first-order valence-electron chi connectivity index (χ1n) is 11.0. The van der Waals surface area contributed by atoms with Crippen LogP contribution in [0.1, 0.15) is 43.7 Å². The molecule has 0 radical (unpaired) electrons. The van der Waals surface area contributed by atoms with E-state index in [0.29, 0.717) is 40.8 Å². The van der Waals surface area contributed by atoms with Crippen molar-refractivity contribution in [3.8, 4) is 6.07 Å². The molecule has 5 rings (SSSR count). The number of nitrogens with two attached hydrogens (primary N) is 1. The van der Waals surface area contributed by atoms with Crippen LogP contribution in [0.4, 0.5) is 0 Å². The maximum Gasteiger partial charge on any atom is 0.205 e. The van der Waals surface area contributed by atoms with Gasteiger partial charge in [0.25, 0.3) is 0 Å². The number of benzene rings is 2. The molecular weight excluding hydrogens is 469 g/mol. The molecule has 2 N–H and O–H groups in total. The number of hydrogen-bond donors (Lipinski definition) is 1. The van der Waals surface area contributed by atoms with Gasteiger partial charge in [0.1, 0.15) is 17.4 Å². The van der Waals surface area contributed by atoms with Gasteiger partial charge in [0.15, 0.2) is 5.78 Å². The highest BCUT2D eigenvalue weighted by Gasteiger charge is 2.43. The highest BCUT2D eigenvalue weighted by atomic mass is 35.5. The summed E-state index contributed by atoms with van der Waals surface area (Å²) in [5, 5.41) is 12.0. The third-order valence-corrected chi connectivity index (χ3v) is 7.28. The van der Waals surface area contributed by atoms with Crippen LogP contribution in [0, 0.1) is 16.7 Å². The van der Waals surface area contributed by atoms with E-state index in [4.69, 9.17) is 33.7 Å². The molecule has 0 amide bonds. The van der Waals surface area contributed by atoms with Crippen molar-refractivity contribution in [2.24, 2.45) is 11.1 Å². The lowest BCUT2D eigenvalue weighted by Gasteiger charge is -2.37. The summed E-state index contributed by atoms with van der Waals surface area (Å²) in [4.78, 5) is 13.4. The van der Waals surface area contributed by atoms with Gasteiger partial charge in [-0.05, 0) is 34.7 Å². The molecular formula is C27H23Cl2N3O2. The zero-order valence-corrected chi connectivity index (χ0v) is 20.4. The molecule has 1 aliphatic heterocycles. The maximum absolute atomic E-state index is 13.4. The molecule has 172 valence electrons. The van der Waals surface area contributed by atoms with E-state index in [1.807, 2.05) is 56.4 Å². The molecule has 1 unspecified atom stereocenters. The van der Waals surface area contributed by atoms with Gasteiger partial charge in [-0.3, -0.25) is 4.79 Å². The fraction of sp³-hybridized carbons (Fsp3) is 0.259. The van der Waals surface area contributed by atoms with E-state index >= 15 is 0 Å². The third kappa shape index (κ3) is 3.77. The second kappa shape index (κ2) is 8.23. The monoisotopic (exact) mass is 491 g/mol. The number of allylic oxidation sites excluding steroid dienone is 3. The average molecular weight is 492 g/mol. The number of carbonyl (C=O) groups is 1. The SMILES string of the molecule is CC1(C)CC(=O)C2=C(C1)OC(N)=C(C#N)C2c1cn(Cc2ccc(Cl)c(Cl)c2)c2ccccc12. The lowest BCUT2D eigenvalue weighted by molar-refractivity contribution is -0.119. The number of nitriles is 1. The van der Waals surface area contributed by atoms with Gasteiger partial charge in [-0.2, -0.15) is 5.26 Å². The minimum Gasteiger partial charge on any atom is -0.444 e. The molecule has 7 heteroatoms. The van der Waals surface area contributed by atoms with Crippen LogP contribution in [-0.2, 0) is 16.1 Å². The van der Waals surface area contributed by atoms with Crippen molar-refractivity contribution in [3.63, 3.8) is 0 Å². The molecule has 0 bridgehead atoms. The highest BCUT2D eigenvalue weighted by molar-refractivity contribution is 6.42. The van der Waals surface area contributed by atoms with Crippen molar-refractivity contribution in [3.05, 3.63) is 92.6 Å². The summed E-state index contributed by atoms with van der Waals surface area (Å²) in [6.45, 7) is 4.63. The average Bonchev–Trinajstić information content (AvgIpc) is 3.12. The van der Waals surface area contributed by atoms with Crippen molar-refractivity contribution in [2.75, 3.05) is 0 Å². The number of ketones is 1. The summed E-state index contributed by atoms with van der Waals surface area (Å²) in [7, 11) is 0. The molecule has 0 saturated carbocycles. The van der Waals surface area contributed by atoms with E-state index in [1.54, 1.807) is 6.07 Å². The zero-order valence-electron chi connectivity index (χ0n) is 18.9. The minimum absolute atomic E-state index is 0.00202. The number of rotatable bonds is 3. The Morgan fingerprint density at radius 2 is 1.94 bits per heavy atom. The second-order valence-corrected chi connectivity index (χ2v) is 10.5. The Morgan fingerprint density at radius 1 is 1.18 bits per heavy atom. The zero-order chi connectivity index (χ0) is 24.2. The summed E-state index contributed by atoms with van der Waals surface area (Å²) in [6.07, 6.45) is 2.99. The molecule has 3 aromatic rings. The third-order valence-electron chi connectivity index (χ3n) is 6.54. The van der Waals surface area contributed by atoms with Gasteiger partial charge in [-0.15, -0.1) is 0 Å². The molecule has 2 aliphatic rings. The molecule has 0 saturated heterocycles. The normalized spacial score (nSPS) is 19.7. The first kappa shape index (κ1) is 22.6. The largest absolute Gasteiger partial charge is 0.444 e. The Morgan fingerprint density at radius 3 is 2.68 bits per heavy atom. The van der Waals surface area contributed by atoms with Crippen molar-refractivity contribution >= 4 is 39.9 Å². The smallest absolute Gasteiger partial charge is 0.205 e. The molecule has 0 spiro atoms. The van der Waals surface area contributed by atoms with Gasteiger partial charge in [-0.1, -0.05) is 61.3 Å². The summed E-state index contributed by atoms with van der Waals surface area (Å²) in [6, 6.07) is 15.7. The molecule has 1 aliphatic carbocycles. The molecule has 1 atom stereocenters. The Balaban J connectivity index is 1.69. The Kier molecular flexibility index (Phi) is 5.47. The Labute approximate surface area is 208 Å². The van der Waals surface area contributed by atoms with Gasteiger partial charge in [0, 0.05) is 42.1 Å². The summed E-state index contributed by atoms with van der Waals surface area (Å²) >= 11 is 12.3. The standard InChI is InChI=1S/C27H23Cl2N3O2/c1-27(2)10-22(33)25-23(11-27)34-26(31)17(12-30)24(25)18-14-32(21-6-4-3-5-16(18)21)13-15-7-8-19(28)20(29)9-15/h3-9,14,24H,10-11,13,31H2,1-2H3. The fourth-order valence-electron chi connectivity index (χ4n) is 5.07. The van der Waals surface area contributed by atoms with Crippen molar-refractivity contribution in [2.45, 2.75) is 39.2 Å². The number of hydrogen-bond acceptors (Lipinski definition) is 4. The topological polar surface area (TPSA) is 81.0 Å². The van der Waals surface area contributed by atoms with Crippen molar-refractivity contribution in [1.82, 2.24) is 4.57 Å². The number of carbonyl (C=O) groups excluding carboxylic acids is 1. The van der Waals surface area contributed by atoms with Gasteiger partial charge in [-0.25, -0.2) is 0 Å². The van der Waals surface area contributed by atoms with Crippen LogP contribution in [0.2, 0.25) is 10.0 Å². The number of Topliss-reactive ketones (excluding diaryl/α,β-unsaturated/α-hetero) is 1. The van der Waals surface area contributed by atoms with E-state index in [0.717, 1.165) is 22.0 Å². The van der Waals surface area contributed by atoms with Crippen LogP contribution in [0.3, 0.4) is 0 Å². The number of nitrogens with zero attached hydrogens (tertiary/aromatic N) is 2. The first-order chi connectivity index (χ1) is 16.2. The minimum atomic E-state index is -0.572. The van der Waals surface area contributed by atoms with E-state index in [-0.39, 0.29) is 22.7 Å². The predicted octanol–water partition coefficient (Wildman–Crippen LogP) is 6.45. The van der Waals surface area contributed by atoms with E-state index in [2.05, 4.69) is 10.6 Å². The maximum atomic E-state index is 13.4. The van der Waals surface area contributed by atoms with Gasteiger partial charge < -0.3 is 15.0 Å². The number of para-hydroxylation sites is 1. The van der Waals surface area contributed by atoms with Gasteiger partial charge in [0.2, 0.25) is 5.88 Å². The van der Waals surface area contributed by atoms with Crippen molar-refractivity contribution in [1.29, 1.82) is 5.26 Å². The predicted molar refractivity (Wildman–Crippen MR) is 133 cm³/mol. The molecule has 1 aromatic heterocycles. The summed E-state index contributed by atoms with van der Waals surface area (Å²) < 4.78 is 7.95. The molecule has 0 fully saturated rings. The van der Waals surface area contributed by atoms with Crippen LogP contribution < -0.4 is 5.73 Å². The summed E-state index contributed by atoms with van der Waals surface area (Å²) in [5.41, 5.74) is 9.63. The lowest BCUT2D eigenvalue weighted by atomic mass is 9.70. The van der Waals surface area contributed by atoms with Gasteiger partial charge in [0.05, 0.1) is 16.0 Å².